The lowest BCUT2D eigenvalue weighted by Crippen LogP contribution is -2.30. The maximum Gasteiger partial charge on any atom is 0.257 e. The van der Waals surface area contributed by atoms with Gasteiger partial charge >= 0.3 is 0 Å². The van der Waals surface area contributed by atoms with Crippen molar-refractivity contribution in [3.63, 3.8) is 0 Å². The van der Waals surface area contributed by atoms with Crippen LogP contribution in [0.25, 0.3) is 0 Å². The molecule has 1 atom stereocenters. The Bertz CT molecular complexity index is 586. The number of benzene rings is 1. The van der Waals surface area contributed by atoms with Gasteiger partial charge in [-0.25, -0.2) is 0 Å². The first-order valence-corrected chi connectivity index (χ1v) is 7.82. The number of carbonyl (C=O) groups is 1. The van der Waals surface area contributed by atoms with Crippen molar-refractivity contribution in [3.05, 3.63) is 46.7 Å². The molecule has 0 aliphatic heterocycles. The van der Waals surface area contributed by atoms with Gasteiger partial charge < -0.3 is 19.9 Å². The number of hydrogen-bond acceptors (Lipinski definition) is 5. The van der Waals surface area contributed by atoms with Crippen molar-refractivity contribution in [3.8, 4) is 11.5 Å². The molecule has 0 aliphatic carbocycles. The molecule has 118 valence electrons. The number of thiophene rings is 1. The van der Waals surface area contributed by atoms with Gasteiger partial charge in [0.15, 0.2) is 6.61 Å². The summed E-state index contributed by atoms with van der Waals surface area (Å²) in [6.07, 6.45) is -0.0644. The van der Waals surface area contributed by atoms with Crippen LogP contribution in [0.4, 0.5) is 0 Å². The van der Waals surface area contributed by atoms with Crippen molar-refractivity contribution >= 4 is 17.2 Å². The number of ether oxygens (including phenoxy) is 2. The Morgan fingerprint density at radius 3 is 2.86 bits per heavy atom. The van der Waals surface area contributed by atoms with Crippen LogP contribution < -0.4 is 14.8 Å². The van der Waals surface area contributed by atoms with Crippen molar-refractivity contribution < 1.29 is 19.4 Å². The first-order chi connectivity index (χ1) is 10.7. The standard InChI is InChI=1S/C16H19NO4S/c1-20-12-4-2-5-13(10-12)21-11-16(19)17-8-7-14(18)15-6-3-9-22-15/h2-6,9-10,14,18H,7-8,11H2,1H3,(H,17,19). The van der Waals surface area contributed by atoms with Crippen LogP contribution >= 0.6 is 11.3 Å². The zero-order chi connectivity index (χ0) is 15.8. The molecule has 2 rings (SSSR count). The summed E-state index contributed by atoms with van der Waals surface area (Å²) in [5, 5.41) is 14.5. The summed E-state index contributed by atoms with van der Waals surface area (Å²) < 4.78 is 10.5. The highest BCUT2D eigenvalue weighted by Gasteiger charge is 2.09. The molecule has 0 saturated carbocycles. The molecule has 0 bridgehead atoms. The van der Waals surface area contributed by atoms with Gasteiger partial charge in [0.25, 0.3) is 5.91 Å². The molecule has 2 aromatic rings. The third-order valence-corrected chi connectivity index (χ3v) is 4.00. The van der Waals surface area contributed by atoms with Crippen molar-refractivity contribution in [2.45, 2.75) is 12.5 Å². The minimum Gasteiger partial charge on any atom is -0.497 e. The van der Waals surface area contributed by atoms with E-state index in [1.165, 1.54) is 11.3 Å². The topological polar surface area (TPSA) is 67.8 Å². The first kappa shape index (κ1) is 16.3. The molecular formula is C16H19NO4S. The number of amides is 1. The molecule has 22 heavy (non-hydrogen) atoms. The Balaban J connectivity index is 1.67. The van der Waals surface area contributed by atoms with Crippen molar-refractivity contribution in [2.75, 3.05) is 20.3 Å². The summed E-state index contributed by atoms with van der Waals surface area (Å²) in [7, 11) is 1.57. The number of carbonyl (C=O) groups excluding carboxylic acids is 1. The molecule has 2 N–H and O–H groups in total. The predicted octanol–water partition coefficient (Wildman–Crippen LogP) is 2.38. The van der Waals surface area contributed by atoms with Crippen LogP contribution in [0.2, 0.25) is 0 Å². The highest BCUT2D eigenvalue weighted by molar-refractivity contribution is 7.10. The minimum absolute atomic E-state index is 0.0672. The minimum atomic E-state index is -0.542. The van der Waals surface area contributed by atoms with Crippen LogP contribution in [-0.4, -0.2) is 31.3 Å². The van der Waals surface area contributed by atoms with E-state index < -0.39 is 6.10 Å². The molecule has 1 amide bonds. The number of aliphatic hydroxyl groups excluding tert-OH is 1. The van der Waals surface area contributed by atoms with E-state index in [4.69, 9.17) is 9.47 Å². The molecule has 6 heteroatoms. The molecule has 1 unspecified atom stereocenters. The Hall–Kier alpha value is -2.05. The van der Waals surface area contributed by atoms with Crippen LogP contribution in [0.1, 0.15) is 17.4 Å². The van der Waals surface area contributed by atoms with Gasteiger partial charge in [0.1, 0.15) is 11.5 Å². The third-order valence-electron chi connectivity index (χ3n) is 3.02. The Kier molecular flexibility index (Phi) is 6.24. The lowest BCUT2D eigenvalue weighted by molar-refractivity contribution is -0.123. The maximum atomic E-state index is 11.7. The van der Waals surface area contributed by atoms with E-state index in [-0.39, 0.29) is 12.5 Å². The zero-order valence-corrected chi connectivity index (χ0v) is 13.1. The molecular weight excluding hydrogens is 302 g/mol. The number of rotatable bonds is 8. The maximum absolute atomic E-state index is 11.7. The largest absolute Gasteiger partial charge is 0.497 e. The van der Waals surface area contributed by atoms with Crippen molar-refractivity contribution in [1.82, 2.24) is 5.32 Å². The Morgan fingerprint density at radius 1 is 1.32 bits per heavy atom. The zero-order valence-electron chi connectivity index (χ0n) is 12.3. The number of nitrogens with one attached hydrogen (secondary N) is 1. The molecule has 1 aromatic heterocycles. The van der Waals surface area contributed by atoms with E-state index in [0.29, 0.717) is 24.5 Å². The molecule has 0 spiro atoms. The van der Waals surface area contributed by atoms with Crippen molar-refractivity contribution in [1.29, 1.82) is 0 Å². The Morgan fingerprint density at radius 2 is 2.14 bits per heavy atom. The second-order valence-electron chi connectivity index (χ2n) is 4.64. The smallest absolute Gasteiger partial charge is 0.257 e. The first-order valence-electron chi connectivity index (χ1n) is 6.94. The van der Waals surface area contributed by atoms with Crippen molar-refractivity contribution in [2.24, 2.45) is 0 Å². The summed E-state index contributed by atoms with van der Waals surface area (Å²) in [6, 6.07) is 10.8. The number of aliphatic hydroxyl groups is 1. The normalized spacial score (nSPS) is 11.7. The van der Waals surface area contributed by atoms with Crippen LogP contribution in [0.5, 0.6) is 11.5 Å². The predicted molar refractivity (Wildman–Crippen MR) is 85.4 cm³/mol. The van der Waals surface area contributed by atoms with Gasteiger partial charge in [0.2, 0.25) is 0 Å². The number of methoxy groups -OCH3 is 1. The van der Waals surface area contributed by atoms with Gasteiger partial charge in [-0.05, 0) is 30.0 Å². The van der Waals surface area contributed by atoms with Gasteiger partial charge in [-0.15, -0.1) is 11.3 Å². The fourth-order valence-electron chi connectivity index (χ4n) is 1.86. The van der Waals surface area contributed by atoms with E-state index in [1.807, 2.05) is 17.5 Å². The van der Waals surface area contributed by atoms with Crippen LogP contribution in [0.15, 0.2) is 41.8 Å². The molecule has 1 heterocycles. The molecule has 1 aromatic carbocycles. The van der Waals surface area contributed by atoms with Gasteiger partial charge in [0.05, 0.1) is 13.2 Å². The Labute approximate surface area is 133 Å². The van der Waals surface area contributed by atoms with Crippen LogP contribution in [0, 0.1) is 0 Å². The molecule has 0 radical (unpaired) electrons. The summed E-state index contributed by atoms with van der Waals surface area (Å²) in [6.45, 7) is 0.335. The molecule has 0 fully saturated rings. The van der Waals surface area contributed by atoms with E-state index in [1.54, 1.807) is 31.4 Å². The van der Waals surface area contributed by atoms with Gasteiger partial charge in [-0.1, -0.05) is 12.1 Å². The summed E-state index contributed by atoms with van der Waals surface area (Å²) in [5.41, 5.74) is 0. The highest BCUT2D eigenvalue weighted by Crippen LogP contribution is 2.21. The highest BCUT2D eigenvalue weighted by atomic mass is 32.1. The SMILES string of the molecule is COc1cccc(OCC(=O)NCCC(O)c2cccs2)c1. The second kappa shape index (κ2) is 8.41. The molecule has 0 aliphatic rings. The quantitative estimate of drug-likeness (QED) is 0.783. The van der Waals surface area contributed by atoms with E-state index >= 15 is 0 Å². The monoisotopic (exact) mass is 321 g/mol. The van der Waals surface area contributed by atoms with Gasteiger partial charge in [-0.3, -0.25) is 4.79 Å². The fourth-order valence-corrected chi connectivity index (χ4v) is 2.61. The third kappa shape index (κ3) is 5.05. The lowest BCUT2D eigenvalue weighted by atomic mass is 10.2. The summed E-state index contributed by atoms with van der Waals surface area (Å²) >= 11 is 1.50. The number of hydrogen-bond donors (Lipinski definition) is 2. The van der Waals surface area contributed by atoms with Gasteiger partial charge in [-0.2, -0.15) is 0 Å². The van der Waals surface area contributed by atoms with E-state index in [0.717, 1.165) is 4.88 Å². The summed E-state index contributed by atoms with van der Waals surface area (Å²) in [4.78, 5) is 12.6. The van der Waals surface area contributed by atoms with Gasteiger partial charge in [0, 0.05) is 17.5 Å². The molecule has 5 nitrogen and oxygen atoms in total. The van der Waals surface area contributed by atoms with E-state index in [2.05, 4.69) is 5.32 Å². The molecule has 0 saturated heterocycles. The average molecular weight is 321 g/mol. The second-order valence-corrected chi connectivity index (χ2v) is 5.62. The van der Waals surface area contributed by atoms with E-state index in [9.17, 15) is 9.90 Å². The fraction of sp³-hybridized carbons (Fsp3) is 0.312. The van der Waals surface area contributed by atoms with Crippen LogP contribution in [-0.2, 0) is 4.79 Å². The lowest BCUT2D eigenvalue weighted by Gasteiger charge is -2.10. The average Bonchev–Trinajstić information content (AvgIpc) is 3.07. The summed E-state index contributed by atoms with van der Waals surface area (Å²) in [5.74, 6) is 1.03. The van der Waals surface area contributed by atoms with Crippen LogP contribution in [0.3, 0.4) is 0 Å².